The van der Waals surface area contributed by atoms with E-state index in [-0.39, 0.29) is 0 Å². The number of aliphatic hydroxyl groups is 4. The number of aliphatic hydroxyl groups excluding tert-OH is 3. The summed E-state index contributed by atoms with van der Waals surface area (Å²) in [6, 6.07) is 0. The molecular formula is C6H11NO7. The molecule has 8 nitrogen and oxygen atoms in total. The molecule has 7 N–H and O–H groups in total. The van der Waals surface area contributed by atoms with E-state index in [2.05, 4.69) is 4.74 Å². The molecule has 0 aromatic heterocycles. The Morgan fingerprint density at radius 2 is 1.79 bits per heavy atom. The Balaban J connectivity index is 2.90. The van der Waals surface area contributed by atoms with E-state index in [9.17, 15) is 4.79 Å². The zero-order valence-corrected chi connectivity index (χ0v) is 6.94. The van der Waals surface area contributed by atoms with Gasteiger partial charge < -0.3 is 30.3 Å². The summed E-state index contributed by atoms with van der Waals surface area (Å²) >= 11 is 0. The Bertz CT molecular complexity index is 242. The molecule has 5 atom stereocenters. The highest BCUT2D eigenvalue weighted by Gasteiger charge is 2.53. The molecule has 1 aliphatic heterocycles. The smallest absolute Gasteiger partial charge is 0.335 e. The second-order valence-corrected chi connectivity index (χ2v) is 3.05. The van der Waals surface area contributed by atoms with Crippen molar-refractivity contribution in [1.29, 1.82) is 0 Å². The number of rotatable bonds is 1. The first kappa shape index (κ1) is 11.3. The lowest BCUT2D eigenvalue weighted by Gasteiger charge is -2.41. The van der Waals surface area contributed by atoms with Gasteiger partial charge in [0.15, 0.2) is 12.2 Å². The van der Waals surface area contributed by atoms with Gasteiger partial charge in [-0.15, -0.1) is 0 Å². The fourth-order valence-electron chi connectivity index (χ4n) is 1.15. The third-order valence-electron chi connectivity index (χ3n) is 1.97. The first-order valence-corrected chi connectivity index (χ1v) is 3.73. The minimum atomic E-state index is -2.69. The van der Waals surface area contributed by atoms with Crippen molar-refractivity contribution in [3.8, 4) is 0 Å². The predicted octanol–water partition coefficient (Wildman–Crippen LogP) is -3.84. The topological polar surface area (TPSA) is 153 Å². The van der Waals surface area contributed by atoms with Crippen molar-refractivity contribution in [2.24, 2.45) is 5.73 Å². The number of carboxylic acid groups (broad SMARTS) is 1. The molecule has 0 bridgehead atoms. The second kappa shape index (κ2) is 3.42. The third kappa shape index (κ3) is 1.71. The number of hydrogen-bond donors (Lipinski definition) is 6. The summed E-state index contributed by atoms with van der Waals surface area (Å²) in [5, 5.41) is 44.9. The van der Waals surface area contributed by atoms with Gasteiger partial charge in [0.25, 0.3) is 5.91 Å². The highest BCUT2D eigenvalue weighted by molar-refractivity contribution is 5.73. The van der Waals surface area contributed by atoms with E-state index < -0.39 is 36.3 Å². The predicted molar refractivity (Wildman–Crippen MR) is 39.7 cm³/mol. The van der Waals surface area contributed by atoms with Crippen LogP contribution in [0.2, 0.25) is 0 Å². The number of carboxylic acids is 1. The minimum Gasteiger partial charge on any atom is -0.479 e. The van der Waals surface area contributed by atoms with E-state index in [0.29, 0.717) is 0 Å². The summed E-state index contributed by atoms with van der Waals surface area (Å²) in [7, 11) is 0. The number of ether oxygens (including phenoxy) is 1. The van der Waals surface area contributed by atoms with Crippen molar-refractivity contribution >= 4 is 5.97 Å². The van der Waals surface area contributed by atoms with Gasteiger partial charge in [-0.05, 0) is 0 Å². The molecule has 0 aliphatic carbocycles. The Morgan fingerprint density at radius 3 is 2.21 bits per heavy atom. The van der Waals surface area contributed by atoms with Gasteiger partial charge in [0.2, 0.25) is 0 Å². The van der Waals surface area contributed by atoms with Crippen LogP contribution < -0.4 is 5.73 Å². The molecule has 1 aliphatic rings. The van der Waals surface area contributed by atoms with E-state index in [1.807, 2.05) is 0 Å². The van der Waals surface area contributed by atoms with E-state index >= 15 is 0 Å². The maximum absolute atomic E-state index is 10.5. The average molecular weight is 209 g/mol. The van der Waals surface area contributed by atoms with Gasteiger partial charge >= 0.3 is 5.97 Å². The highest BCUT2D eigenvalue weighted by atomic mass is 16.7. The Morgan fingerprint density at radius 1 is 1.29 bits per heavy atom. The van der Waals surface area contributed by atoms with Crippen LogP contribution in [0.25, 0.3) is 0 Å². The van der Waals surface area contributed by atoms with Gasteiger partial charge in [0.1, 0.15) is 12.2 Å². The quantitative estimate of drug-likeness (QED) is 0.240. The van der Waals surface area contributed by atoms with Crippen LogP contribution in [0.1, 0.15) is 0 Å². The minimum absolute atomic E-state index is 1.60. The van der Waals surface area contributed by atoms with Crippen LogP contribution in [-0.2, 0) is 9.53 Å². The largest absolute Gasteiger partial charge is 0.479 e. The van der Waals surface area contributed by atoms with Crippen molar-refractivity contribution in [1.82, 2.24) is 0 Å². The number of carbonyl (C=O) groups is 1. The second-order valence-electron chi connectivity index (χ2n) is 3.05. The summed E-state index contributed by atoms with van der Waals surface area (Å²) in [5.41, 5.74) is 4.95. The van der Waals surface area contributed by atoms with Crippen LogP contribution in [-0.4, -0.2) is 61.8 Å². The van der Waals surface area contributed by atoms with Gasteiger partial charge in [0.05, 0.1) is 0 Å². The molecule has 14 heavy (non-hydrogen) atoms. The van der Waals surface area contributed by atoms with E-state index in [1.165, 1.54) is 0 Å². The van der Waals surface area contributed by atoms with Gasteiger partial charge in [0, 0.05) is 0 Å². The van der Waals surface area contributed by atoms with Crippen molar-refractivity contribution < 1.29 is 35.1 Å². The summed E-state index contributed by atoms with van der Waals surface area (Å²) in [4.78, 5) is 10.5. The van der Waals surface area contributed by atoms with E-state index in [0.717, 1.165) is 0 Å². The molecule has 0 radical (unpaired) electrons. The summed E-state index contributed by atoms with van der Waals surface area (Å²) in [5.74, 6) is -4.30. The van der Waals surface area contributed by atoms with Crippen molar-refractivity contribution in [2.75, 3.05) is 0 Å². The van der Waals surface area contributed by atoms with E-state index in [4.69, 9.17) is 31.3 Å². The van der Waals surface area contributed by atoms with Crippen molar-refractivity contribution in [3.63, 3.8) is 0 Å². The molecule has 0 aromatic rings. The lowest BCUT2D eigenvalue weighted by Crippen LogP contribution is -2.69. The summed E-state index contributed by atoms with van der Waals surface area (Å²) in [6.45, 7) is 0. The van der Waals surface area contributed by atoms with Crippen molar-refractivity contribution in [2.45, 2.75) is 30.3 Å². The maximum atomic E-state index is 10.5. The van der Waals surface area contributed by atoms with Crippen LogP contribution in [0.15, 0.2) is 0 Å². The third-order valence-corrected chi connectivity index (χ3v) is 1.97. The highest BCUT2D eigenvalue weighted by Crippen LogP contribution is 2.24. The molecule has 0 amide bonds. The zero-order valence-electron chi connectivity index (χ0n) is 6.94. The van der Waals surface area contributed by atoms with Crippen LogP contribution in [0, 0.1) is 0 Å². The van der Waals surface area contributed by atoms with Gasteiger partial charge in [-0.25, -0.2) is 4.79 Å². The SMILES string of the molecule is NC1(O)O[C@H](C(=O)O)[C@@H](O)[C@H](O)[C@H]1O. The first-order valence-electron chi connectivity index (χ1n) is 3.73. The monoisotopic (exact) mass is 209 g/mol. The number of hydrogen-bond acceptors (Lipinski definition) is 7. The molecular weight excluding hydrogens is 198 g/mol. The number of nitrogens with two attached hydrogens (primary N) is 1. The van der Waals surface area contributed by atoms with Gasteiger partial charge in [-0.2, -0.15) is 0 Å². The maximum Gasteiger partial charge on any atom is 0.335 e. The van der Waals surface area contributed by atoms with Crippen LogP contribution in [0.4, 0.5) is 0 Å². The molecule has 8 heteroatoms. The molecule has 1 saturated heterocycles. The Labute approximate surface area is 78.1 Å². The average Bonchev–Trinajstić information content (AvgIpc) is 2.08. The fourth-order valence-corrected chi connectivity index (χ4v) is 1.15. The standard InChI is InChI=1S/C6H11NO7/c7-6(13)4(10)2(9)1(8)3(14-6)5(11)12/h1-4,8-10,13H,7H2,(H,11,12)/t1-,2-,3-,4+,6?/m0/s1. The molecule has 0 aromatic carbocycles. The van der Waals surface area contributed by atoms with Gasteiger partial charge in [-0.3, -0.25) is 5.73 Å². The first-order chi connectivity index (χ1) is 6.27. The Kier molecular flexibility index (Phi) is 2.76. The molecule has 1 unspecified atom stereocenters. The summed E-state index contributed by atoms with van der Waals surface area (Å²) in [6.07, 6.45) is -7.61. The molecule has 1 heterocycles. The summed E-state index contributed by atoms with van der Waals surface area (Å²) < 4.78 is 4.30. The van der Waals surface area contributed by atoms with Crippen LogP contribution >= 0.6 is 0 Å². The van der Waals surface area contributed by atoms with E-state index in [1.54, 1.807) is 0 Å². The van der Waals surface area contributed by atoms with Crippen LogP contribution in [0.5, 0.6) is 0 Å². The lowest BCUT2D eigenvalue weighted by atomic mass is 9.97. The molecule has 1 fully saturated rings. The van der Waals surface area contributed by atoms with Crippen molar-refractivity contribution in [3.05, 3.63) is 0 Å². The Hall–Kier alpha value is -0.770. The molecule has 82 valence electrons. The van der Waals surface area contributed by atoms with Gasteiger partial charge in [-0.1, -0.05) is 0 Å². The molecule has 0 spiro atoms. The fraction of sp³-hybridized carbons (Fsp3) is 0.833. The molecule has 0 saturated carbocycles. The lowest BCUT2D eigenvalue weighted by molar-refractivity contribution is -0.339. The zero-order chi connectivity index (χ0) is 11.1. The van der Waals surface area contributed by atoms with Crippen LogP contribution in [0.3, 0.4) is 0 Å². The number of aliphatic carboxylic acids is 1. The molecule has 1 rings (SSSR count). The normalized spacial score (nSPS) is 48.9.